The van der Waals surface area contributed by atoms with E-state index < -0.39 is 11.9 Å². The van der Waals surface area contributed by atoms with E-state index in [1.54, 1.807) is 37.3 Å². The number of nitriles is 1. The zero-order valence-corrected chi connectivity index (χ0v) is 17.4. The van der Waals surface area contributed by atoms with Gasteiger partial charge in [-0.15, -0.1) is 0 Å². The summed E-state index contributed by atoms with van der Waals surface area (Å²) in [5.74, 6) is -0.447. The lowest BCUT2D eigenvalue weighted by Crippen LogP contribution is -2.14. The largest absolute Gasteiger partial charge is 0.481 e. The van der Waals surface area contributed by atoms with Crippen LogP contribution in [0, 0.1) is 32.1 Å². The van der Waals surface area contributed by atoms with Crippen molar-refractivity contribution >= 4 is 35.2 Å². The minimum Gasteiger partial charge on any atom is -0.481 e. The number of hydrogen-bond donors (Lipinski definition) is 1. The van der Waals surface area contributed by atoms with Gasteiger partial charge in [-0.3, -0.25) is 4.79 Å². The number of nitrogens with one attached hydrogen (secondary N) is 1. The van der Waals surface area contributed by atoms with E-state index in [0.717, 1.165) is 16.7 Å². The summed E-state index contributed by atoms with van der Waals surface area (Å²) in [5.41, 5.74) is 3.42. The molecule has 2 aromatic rings. The van der Waals surface area contributed by atoms with Crippen molar-refractivity contribution in [2.24, 2.45) is 0 Å². The van der Waals surface area contributed by atoms with Gasteiger partial charge in [0.05, 0.1) is 7.11 Å². The zero-order chi connectivity index (χ0) is 21.6. The molecule has 0 fully saturated rings. The molecule has 7 heteroatoms. The number of nitrogens with zero attached hydrogens (tertiary/aromatic N) is 1. The van der Waals surface area contributed by atoms with Crippen LogP contribution < -0.4 is 10.1 Å². The van der Waals surface area contributed by atoms with Gasteiger partial charge in [-0.05, 0) is 73.4 Å². The van der Waals surface area contributed by atoms with E-state index >= 15 is 0 Å². The number of hydrogen-bond acceptors (Lipinski definition) is 5. The summed E-state index contributed by atoms with van der Waals surface area (Å²) < 4.78 is 10.1. The molecule has 0 saturated heterocycles. The molecule has 0 aliphatic heterocycles. The first-order valence-corrected chi connectivity index (χ1v) is 9.13. The van der Waals surface area contributed by atoms with Crippen molar-refractivity contribution in [3.63, 3.8) is 0 Å². The molecule has 2 rings (SSSR count). The average Bonchev–Trinajstić information content (AvgIpc) is 2.68. The molecule has 2 aromatic carbocycles. The molecule has 0 aliphatic rings. The molecule has 1 amide bonds. The molecule has 0 heterocycles. The number of benzene rings is 2. The highest BCUT2D eigenvalue weighted by Crippen LogP contribution is 2.27. The number of amides is 1. The third-order valence-electron chi connectivity index (χ3n) is 4.24. The van der Waals surface area contributed by atoms with Gasteiger partial charge in [-0.2, -0.15) is 5.26 Å². The molecule has 0 atom stereocenters. The van der Waals surface area contributed by atoms with Crippen LogP contribution in [0.5, 0.6) is 5.75 Å². The Kier molecular flexibility index (Phi) is 7.40. The van der Waals surface area contributed by atoms with Gasteiger partial charge >= 0.3 is 5.97 Å². The number of ether oxygens (including phenoxy) is 2. The average molecular weight is 413 g/mol. The molecule has 0 unspecified atom stereocenters. The molecule has 1 N–H and O–H groups in total. The van der Waals surface area contributed by atoms with E-state index in [9.17, 15) is 14.9 Å². The van der Waals surface area contributed by atoms with Crippen LogP contribution in [0.15, 0.2) is 35.9 Å². The van der Waals surface area contributed by atoms with Gasteiger partial charge in [0, 0.05) is 10.7 Å². The molecular weight excluding hydrogens is 392 g/mol. The highest BCUT2D eigenvalue weighted by molar-refractivity contribution is 6.31. The van der Waals surface area contributed by atoms with Crippen LogP contribution in [0.25, 0.3) is 6.08 Å². The molecule has 0 aromatic heterocycles. The lowest BCUT2D eigenvalue weighted by molar-refractivity contribution is -0.142. The van der Waals surface area contributed by atoms with Gasteiger partial charge in [0.1, 0.15) is 17.4 Å². The molecule has 0 radical (unpaired) electrons. The van der Waals surface area contributed by atoms with Crippen LogP contribution in [-0.4, -0.2) is 25.6 Å². The van der Waals surface area contributed by atoms with Gasteiger partial charge in [0.15, 0.2) is 6.61 Å². The molecule has 29 heavy (non-hydrogen) atoms. The van der Waals surface area contributed by atoms with Crippen LogP contribution in [0.4, 0.5) is 5.69 Å². The Balaban J connectivity index is 2.26. The Morgan fingerprint density at radius 3 is 2.45 bits per heavy atom. The van der Waals surface area contributed by atoms with E-state index in [0.29, 0.717) is 22.0 Å². The predicted octanol–water partition coefficient (Wildman–Crippen LogP) is 4.36. The SMILES string of the molecule is COC(=O)COc1c(C)cc(C=C(C#N)C(=O)Nc2cccc(Cl)c2C)cc1C. The minimum atomic E-state index is -0.529. The van der Waals surface area contributed by atoms with Crippen molar-refractivity contribution in [1.82, 2.24) is 0 Å². The van der Waals surface area contributed by atoms with Crippen molar-refractivity contribution in [1.29, 1.82) is 5.26 Å². The van der Waals surface area contributed by atoms with Gasteiger partial charge in [-0.1, -0.05) is 17.7 Å². The maximum absolute atomic E-state index is 12.5. The lowest BCUT2D eigenvalue weighted by atomic mass is 10.0. The van der Waals surface area contributed by atoms with E-state index in [2.05, 4.69) is 10.1 Å². The van der Waals surface area contributed by atoms with Crippen LogP contribution in [0.1, 0.15) is 22.3 Å². The zero-order valence-electron chi connectivity index (χ0n) is 16.6. The van der Waals surface area contributed by atoms with Crippen LogP contribution >= 0.6 is 11.6 Å². The van der Waals surface area contributed by atoms with Crippen LogP contribution in [0.3, 0.4) is 0 Å². The van der Waals surface area contributed by atoms with Crippen LogP contribution in [0.2, 0.25) is 5.02 Å². The summed E-state index contributed by atoms with van der Waals surface area (Å²) in [6.07, 6.45) is 1.50. The van der Waals surface area contributed by atoms with E-state index in [1.165, 1.54) is 13.2 Å². The Labute approximate surface area is 174 Å². The summed E-state index contributed by atoms with van der Waals surface area (Å²) in [5, 5.41) is 12.7. The second-order valence-electron chi connectivity index (χ2n) is 6.38. The predicted molar refractivity (Wildman–Crippen MR) is 112 cm³/mol. The summed E-state index contributed by atoms with van der Waals surface area (Å²) >= 11 is 6.07. The highest BCUT2D eigenvalue weighted by Gasteiger charge is 2.14. The third-order valence-corrected chi connectivity index (χ3v) is 4.65. The molecule has 0 spiro atoms. The van der Waals surface area contributed by atoms with Gasteiger partial charge in [-0.25, -0.2) is 4.79 Å². The summed E-state index contributed by atoms with van der Waals surface area (Å²) in [7, 11) is 1.29. The topological polar surface area (TPSA) is 88.4 Å². The van der Waals surface area contributed by atoms with Crippen molar-refractivity contribution in [3.05, 3.63) is 63.2 Å². The monoisotopic (exact) mass is 412 g/mol. The number of halogens is 1. The fourth-order valence-electron chi connectivity index (χ4n) is 2.73. The smallest absolute Gasteiger partial charge is 0.343 e. The second-order valence-corrected chi connectivity index (χ2v) is 6.79. The maximum Gasteiger partial charge on any atom is 0.343 e. The van der Waals surface area contributed by atoms with E-state index in [1.807, 2.05) is 19.9 Å². The molecule has 0 saturated carbocycles. The summed E-state index contributed by atoms with van der Waals surface area (Å²) in [6.45, 7) is 5.22. The van der Waals surface area contributed by atoms with Crippen LogP contribution in [-0.2, 0) is 14.3 Å². The molecular formula is C22H21ClN2O4. The third kappa shape index (κ3) is 5.59. The summed E-state index contributed by atoms with van der Waals surface area (Å²) in [6, 6.07) is 10.6. The first-order valence-electron chi connectivity index (χ1n) is 8.76. The number of anilines is 1. The minimum absolute atomic E-state index is 0.0496. The van der Waals surface area contributed by atoms with Crippen molar-refractivity contribution < 1.29 is 19.1 Å². The Morgan fingerprint density at radius 2 is 1.86 bits per heavy atom. The normalized spacial score (nSPS) is 10.8. The molecule has 0 aliphatic carbocycles. The number of carbonyl (C=O) groups is 2. The number of carbonyl (C=O) groups excluding carboxylic acids is 2. The Bertz CT molecular complexity index is 999. The number of methoxy groups -OCH3 is 1. The van der Waals surface area contributed by atoms with Crippen molar-refractivity contribution in [2.45, 2.75) is 20.8 Å². The fraction of sp³-hybridized carbons (Fsp3) is 0.227. The van der Waals surface area contributed by atoms with E-state index in [4.69, 9.17) is 16.3 Å². The van der Waals surface area contributed by atoms with E-state index in [-0.39, 0.29) is 12.2 Å². The van der Waals surface area contributed by atoms with Gasteiger partial charge in [0.25, 0.3) is 5.91 Å². The summed E-state index contributed by atoms with van der Waals surface area (Å²) in [4.78, 5) is 23.8. The number of aryl methyl sites for hydroxylation is 2. The quantitative estimate of drug-likeness (QED) is 0.432. The molecule has 0 bridgehead atoms. The van der Waals surface area contributed by atoms with Gasteiger partial charge in [0.2, 0.25) is 0 Å². The molecule has 150 valence electrons. The van der Waals surface area contributed by atoms with Crippen molar-refractivity contribution in [3.8, 4) is 11.8 Å². The lowest BCUT2D eigenvalue weighted by Gasteiger charge is -2.13. The Hall–Kier alpha value is -3.30. The standard InChI is InChI=1S/C22H21ClN2O4/c1-13-8-16(9-14(2)21(13)29-12-20(26)28-4)10-17(11-24)22(27)25-19-7-5-6-18(23)15(19)3/h5-10H,12H2,1-4H3,(H,25,27). The van der Waals surface area contributed by atoms with Gasteiger partial charge < -0.3 is 14.8 Å². The number of esters is 1. The Morgan fingerprint density at radius 1 is 1.21 bits per heavy atom. The first kappa shape index (κ1) is 22.0. The first-order chi connectivity index (χ1) is 13.8. The highest BCUT2D eigenvalue weighted by atomic mass is 35.5. The maximum atomic E-state index is 12.5. The van der Waals surface area contributed by atoms with Crippen molar-refractivity contribution in [2.75, 3.05) is 19.0 Å². The second kappa shape index (κ2) is 9.76. The fourth-order valence-corrected chi connectivity index (χ4v) is 2.91. The number of rotatable bonds is 6. The molecule has 6 nitrogen and oxygen atoms in total.